The molecule has 26 heavy (non-hydrogen) atoms. The number of Topliss-reactive ketones (excluding diaryl/α,β-unsaturated/α-hetero) is 1. The van der Waals surface area contributed by atoms with Crippen molar-refractivity contribution in [1.29, 1.82) is 0 Å². The smallest absolute Gasteiger partial charge is 0.338 e. The fourth-order valence-electron chi connectivity index (χ4n) is 2.89. The van der Waals surface area contributed by atoms with E-state index in [0.717, 1.165) is 16.8 Å². The molecule has 6 nitrogen and oxygen atoms in total. The first-order chi connectivity index (χ1) is 12.4. The third-order valence-electron chi connectivity index (χ3n) is 4.46. The number of ketones is 1. The number of fused-ring (bicyclic) bond motifs is 1. The van der Waals surface area contributed by atoms with Gasteiger partial charge >= 0.3 is 5.97 Å². The molecule has 0 radical (unpaired) electrons. The summed E-state index contributed by atoms with van der Waals surface area (Å²) in [5.74, 6) is -0.336. The van der Waals surface area contributed by atoms with Gasteiger partial charge in [0.2, 0.25) is 5.91 Å². The summed E-state index contributed by atoms with van der Waals surface area (Å²) in [5.41, 5.74) is 3.24. The Labute approximate surface area is 151 Å². The molecule has 2 aromatic carbocycles. The minimum absolute atomic E-state index is 0.00987. The van der Waals surface area contributed by atoms with Crippen molar-refractivity contribution in [3.63, 3.8) is 0 Å². The van der Waals surface area contributed by atoms with E-state index < -0.39 is 5.97 Å². The number of aryl methyl sites for hydroxylation is 1. The largest absolute Gasteiger partial charge is 0.496 e. The molecule has 134 valence electrons. The van der Waals surface area contributed by atoms with E-state index in [2.05, 4.69) is 0 Å². The molecule has 0 bridgehead atoms. The second-order valence-corrected chi connectivity index (χ2v) is 6.16. The maximum atomic E-state index is 12.3. The van der Waals surface area contributed by atoms with Gasteiger partial charge in [0.05, 0.1) is 19.1 Å². The van der Waals surface area contributed by atoms with E-state index in [1.807, 2.05) is 6.92 Å². The van der Waals surface area contributed by atoms with Crippen LogP contribution in [0, 0.1) is 6.92 Å². The van der Waals surface area contributed by atoms with Gasteiger partial charge < -0.3 is 14.4 Å². The van der Waals surface area contributed by atoms with Gasteiger partial charge in [0.25, 0.3) is 0 Å². The first kappa shape index (κ1) is 17.7. The Morgan fingerprint density at radius 1 is 1.12 bits per heavy atom. The lowest BCUT2D eigenvalue weighted by Crippen LogP contribution is -2.20. The topological polar surface area (TPSA) is 72.9 Å². The molecule has 0 aromatic heterocycles. The van der Waals surface area contributed by atoms with Crippen LogP contribution in [0.1, 0.15) is 31.8 Å². The van der Waals surface area contributed by atoms with Crippen LogP contribution < -0.4 is 9.64 Å². The number of esters is 1. The van der Waals surface area contributed by atoms with Crippen LogP contribution in [0.5, 0.6) is 5.75 Å². The summed E-state index contributed by atoms with van der Waals surface area (Å²) in [7, 11) is 3.23. The first-order valence-corrected chi connectivity index (χ1v) is 8.15. The molecule has 1 heterocycles. The zero-order valence-electron chi connectivity index (χ0n) is 14.9. The van der Waals surface area contributed by atoms with Gasteiger partial charge in [-0.05, 0) is 48.4 Å². The number of hydrogen-bond acceptors (Lipinski definition) is 5. The predicted molar refractivity (Wildman–Crippen MR) is 95.9 cm³/mol. The zero-order chi connectivity index (χ0) is 18.8. The molecule has 6 heteroatoms. The lowest BCUT2D eigenvalue weighted by molar-refractivity contribution is -0.117. The fraction of sp³-hybridized carbons (Fsp3) is 0.250. The van der Waals surface area contributed by atoms with Gasteiger partial charge in [0.15, 0.2) is 12.4 Å². The summed E-state index contributed by atoms with van der Waals surface area (Å²) < 4.78 is 10.3. The second kappa shape index (κ2) is 7.00. The molecule has 0 N–H and O–H groups in total. The molecule has 1 aliphatic heterocycles. The number of likely N-dealkylation sites (N-methyl/N-ethyl adjacent to an activating group) is 1. The van der Waals surface area contributed by atoms with Crippen molar-refractivity contribution in [3.8, 4) is 5.75 Å². The van der Waals surface area contributed by atoms with Gasteiger partial charge in [-0.15, -0.1) is 0 Å². The highest BCUT2D eigenvalue weighted by Gasteiger charge is 2.25. The Balaban J connectivity index is 1.67. The lowest BCUT2D eigenvalue weighted by Gasteiger charge is -2.10. The Bertz CT molecular complexity index is 903. The molecule has 0 saturated heterocycles. The maximum Gasteiger partial charge on any atom is 0.338 e. The van der Waals surface area contributed by atoms with E-state index in [9.17, 15) is 14.4 Å². The average molecular weight is 353 g/mol. The van der Waals surface area contributed by atoms with Crippen molar-refractivity contribution >= 4 is 23.3 Å². The molecule has 0 spiro atoms. The van der Waals surface area contributed by atoms with Crippen molar-refractivity contribution in [1.82, 2.24) is 0 Å². The number of rotatable bonds is 5. The molecule has 0 fully saturated rings. The van der Waals surface area contributed by atoms with E-state index in [0.29, 0.717) is 16.9 Å². The number of hydrogen-bond donors (Lipinski definition) is 0. The molecule has 3 rings (SSSR count). The number of carbonyl (C=O) groups excluding carboxylic acids is 3. The molecule has 0 aliphatic carbocycles. The van der Waals surface area contributed by atoms with Crippen LogP contribution in [0.2, 0.25) is 0 Å². The summed E-state index contributed by atoms with van der Waals surface area (Å²) in [4.78, 5) is 37.8. The SMILES string of the molecule is COc1cc(C(=O)OCC(=O)c2ccc3c(c2)CC(=O)N3C)ccc1C. The van der Waals surface area contributed by atoms with E-state index in [-0.39, 0.29) is 24.7 Å². The number of carbonyl (C=O) groups is 3. The average Bonchev–Trinajstić information content (AvgIpc) is 2.93. The predicted octanol–water partition coefficient (Wildman–Crippen LogP) is 2.56. The lowest BCUT2D eigenvalue weighted by atomic mass is 10.1. The molecular formula is C20H19NO5. The molecule has 1 amide bonds. The highest BCUT2D eigenvalue weighted by Crippen LogP contribution is 2.28. The van der Waals surface area contributed by atoms with Gasteiger partial charge in [0, 0.05) is 18.3 Å². The quantitative estimate of drug-likeness (QED) is 0.610. The van der Waals surface area contributed by atoms with Crippen LogP contribution in [0.4, 0.5) is 5.69 Å². The minimum atomic E-state index is -0.590. The molecule has 1 aliphatic rings. The Kier molecular flexibility index (Phi) is 4.75. The summed E-state index contributed by atoms with van der Waals surface area (Å²) in [6.45, 7) is 1.51. The van der Waals surface area contributed by atoms with E-state index in [4.69, 9.17) is 9.47 Å². The van der Waals surface area contributed by atoms with E-state index >= 15 is 0 Å². The Morgan fingerprint density at radius 2 is 1.85 bits per heavy atom. The van der Waals surface area contributed by atoms with Gasteiger partial charge in [-0.1, -0.05) is 6.07 Å². The van der Waals surface area contributed by atoms with E-state index in [1.54, 1.807) is 48.3 Å². The van der Waals surface area contributed by atoms with Crippen LogP contribution in [0.3, 0.4) is 0 Å². The third kappa shape index (κ3) is 3.31. The summed E-state index contributed by atoms with van der Waals surface area (Å²) in [6, 6.07) is 10.0. The fourth-order valence-corrected chi connectivity index (χ4v) is 2.89. The van der Waals surface area contributed by atoms with Crippen LogP contribution in [0.25, 0.3) is 0 Å². The van der Waals surface area contributed by atoms with Crippen molar-refractivity contribution < 1.29 is 23.9 Å². The van der Waals surface area contributed by atoms with Gasteiger partial charge in [-0.2, -0.15) is 0 Å². The zero-order valence-corrected chi connectivity index (χ0v) is 14.9. The van der Waals surface area contributed by atoms with Crippen molar-refractivity contribution in [2.24, 2.45) is 0 Å². The number of amides is 1. The van der Waals surface area contributed by atoms with Crippen LogP contribution in [-0.2, 0) is 16.0 Å². The summed E-state index contributed by atoms with van der Waals surface area (Å²) >= 11 is 0. The van der Waals surface area contributed by atoms with Gasteiger partial charge in [-0.3, -0.25) is 9.59 Å². The molecule has 2 aromatic rings. The number of ether oxygens (including phenoxy) is 2. The normalized spacial score (nSPS) is 12.7. The number of benzene rings is 2. The minimum Gasteiger partial charge on any atom is -0.496 e. The second-order valence-electron chi connectivity index (χ2n) is 6.16. The number of methoxy groups -OCH3 is 1. The monoisotopic (exact) mass is 353 g/mol. The highest BCUT2D eigenvalue weighted by molar-refractivity contribution is 6.04. The van der Waals surface area contributed by atoms with Crippen LogP contribution in [0.15, 0.2) is 36.4 Å². The van der Waals surface area contributed by atoms with Crippen LogP contribution in [-0.4, -0.2) is 38.4 Å². The number of nitrogens with zero attached hydrogens (tertiary/aromatic N) is 1. The molecule has 0 saturated carbocycles. The van der Waals surface area contributed by atoms with Crippen molar-refractivity contribution in [2.45, 2.75) is 13.3 Å². The van der Waals surface area contributed by atoms with Gasteiger partial charge in [0.1, 0.15) is 5.75 Å². The summed E-state index contributed by atoms with van der Waals surface area (Å²) in [6.07, 6.45) is 0.274. The molecular weight excluding hydrogens is 334 g/mol. The van der Waals surface area contributed by atoms with Crippen molar-refractivity contribution in [3.05, 3.63) is 58.7 Å². The number of anilines is 1. The van der Waals surface area contributed by atoms with Crippen LogP contribution >= 0.6 is 0 Å². The molecule has 0 unspecified atom stereocenters. The third-order valence-corrected chi connectivity index (χ3v) is 4.46. The van der Waals surface area contributed by atoms with Crippen molar-refractivity contribution in [2.75, 3.05) is 25.7 Å². The Hall–Kier alpha value is -3.15. The van der Waals surface area contributed by atoms with Gasteiger partial charge in [-0.25, -0.2) is 4.79 Å². The maximum absolute atomic E-state index is 12.3. The Morgan fingerprint density at radius 3 is 2.58 bits per heavy atom. The highest BCUT2D eigenvalue weighted by atomic mass is 16.5. The standard InChI is InChI=1S/C20H19NO5/c1-12-4-5-14(9-18(12)25-3)20(24)26-11-17(22)13-6-7-16-15(8-13)10-19(23)21(16)2/h4-9H,10-11H2,1-3H3. The van der Waals surface area contributed by atoms with E-state index in [1.165, 1.54) is 7.11 Å². The molecule has 0 atom stereocenters. The first-order valence-electron chi connectivity index (χ1n) is 8.15. The summed E-state index contributed by atoms with van der Waals surface area (Å²) in [5, 5.41) is 0.